The number of carbonyl (C=O) groups excluding carboxylic acids is 2. The number of benzene rings is 1. The van der Waals surface area contributed by atoms with Crippen LogP contribution in [0.5, 0.6) is 5.75 Å². The minimum absolute atomic E-state index is 0.0491. The van der Waals surface area contributed by atoms with E-state index in [4.69, 9.17) is 9.47 Å². The second-order valence-electron chi connectivity index (χ2n) is 6.24. The molecule has 0 bridgehead atoms. The van der Waals surface area contributed by atoms with Gasteiger partial charge in [-0.05, 0) is 43.7 Å². The first-order valence-corrected chi connectivity index (χ1v) is 10.5. The van der Waals surface area contributed by atoms with E-state index in [1.807, 2.05) is 43.5 Å². The first kappa shape index (κ1) is 20.8. The summed E-state index contributed by atoms with van der Waals surface area (Å²) in [7, 11) is 1.62. The number of rotatable bonds is 7. The first-order chi connectivity index (χ1) is 13.9. The van der Waals surface area contributed by atoms with Gasteiger partial charge < -0.3 is 20.1 Å². The van der Waals surface area contributed by atoms with E-state index in [1.165, 1.54) is 29.6 Å². The van der Waals surface area contributed by atoms with E-state index in [-0.39, 0.29) is 12.5 Å². The third-order valence-electron chi connectivity index (χ3n) is 4.12. The molecule has 0 aliphatic heterocycles. The molecule has 0 unspecified atom stereocenters. The maximum absolute atomic E-state index is 12.6. The number of carbonyl (C=O) groups is 2. The molecular formula is C20H21N3O4S2. The lowest BCUT2D eigenvalue weighted by atomic mass is 10.1. The number of nitrogens with zero attached hydrogens (tertiary/aromatic N) is 1. The van der Waals surface area contributed by atoms with Crippen molar-refractivity contribution in [2.24, 2.45) is 0 Å². The summed E-state index contributed by atoms with van der Waals surface area (Å²) in [5, 5.41) is 8.95. The van der Waals surface area contributed by atoms with Gasteiger partial charge in [0.25, 0.3) is 0 Å². The van der Waals surface area contributed by atoms with Crippen LogP contribution in [0, 0.1) is 13.8 Å². The smallest absolute Gasteiger partial charge is 0.341 e. The summed E-state index contributed by atoms with van der Waals surface area (Å²) in [4.78, 5) is 29.4. The highest BCUT2D eigenvalue weighted by molar-refractivity contribution is 7.16. The van der Waals surface area contributed by atoms with Crippen molar-refractivity contribution in [3.63, 3.8) is 0 Å². The number of thiophene rings is 1. The van der Waals surface area contributed by atoms with Gasteiger partial charge >= 0.3 is 5.97 Å². The van der Waals surface area contributed by atoms with Gasteiger partial charge in [0.15, 0.2) is 5.13 Å². The summed E-state index contributed by atoms with van der Waals surface area (Å²) in [6, 6.07) is 7.50. The third kappa shape index (κ3) is 5.12. The highest BCUT2D eigenvalue weighted by Crippen LogP contribution is 2.33. The van der Waals surface area contributed by atoms with Crippen LogP contribution in [0.3, 0.4) is 0 Å². The summed E-state index contributed by atoms with van der Waals surface area (Å²) in [6.07, 6.45) is 0. The van der Waals surface area contributed by atoms with Crippen molar-refractivity contribution in [1.82, 2.24) is 4.98 Å². The Labute approximate surface area is 176 Å². The monoisotopic (exact) mass is 431 g/mol. The number of nitrogens with one attached hydrogen (secondary N) is 2. The van der Waals surface area contributed by atoms with Crippen molar-refractivity contribution in [3.05, 3.63) is 51.3 Å². The molecule has 7 nitrogen and oxygen atoms in total. The molecule has 1 aromatic carbocycles. The van der Waals surface area contributed by atoms with Crippen molar-refractivity contribution < 1.29 is 19.1 Å². The number of esters is 1. The maximum Gasteiger partial charge on any atom is 0.341 e. The zero-order chi connectivity index (χ0) is 21.0. The van der Waals surface area contributed by atoms with Gasteiger partial charge in [-0.3, -0.25) is 4.79 Å². The van der Waals surface area contributed by atoms with Crippen molar-refractivity contribution in [3.8, 4) is 5.75 Å². The zero-order valence-electron chi connectivity index (χ0n) is 16.5. The highest BCUT2D eigenvalue weighted by Gasteiger charge is 2.22. The lowest BCUT2D eigenvalue weighted by molar-refractivity contribution is -0.114. The maximum atomic E-state index is 12.6. The molecule has 2 heterocycles. The number of aryl methyl sites for hydroxylation is 1. The quantitative estimate of drug-likeness (QED) is 0.518. The van der Waals surface area contributed by atoms with Gasteiger partial charge in [-0.1, -0.05) is 0 Å². The number of thiazole rings is 1. The van der Waals surface area contributed by atoms with E-state index >= 15 is 0 Å². The van der Waals surface area contributed by atoms with Crippen molar-refractivity contribution >= 4 is 50.4 Å². The molecule has 3 rings (SSSR count). The van der Waals surface area contributed by atoms with Gasteiger partial charge in [0.1, 0.15) is 17.4 Å². The molecule has 0 spiro atoms. The molecule has 152 valence electrons. The van der Waals surface area contributed by atoms with E-state index in [2.05, 4.69) is 15.6 Å². The van der Waals surface area contributed by atoms with Crippen LogP contribution in [0.25, 0.3) is 0 Å². The molecular weight excluding hydrogens is 410 g/mol. The minimum atomic E-state index is -0.478. The van der Waals surface area contributed by atoms with Crippen LogP contribution in [0.1, 0.15) is 33.4 Å². The summed E-state index contributed by atoms with van der Waals surface area (Å²) in [5.74, 6) is 0.0715. The molecule has 2 aromatic heterocycles. The van der Waals surface area contributed by atoms with Crippen LogP contribution in [0.4, 0.5) is 15.8 Å². The Morgan fingerprint density at radius 2 is 1.90 bits per heavy atom. The highest BCUT2D eigenvalue weighted by atomic mass is 32.1. The van der Waals surface area contributed by atoms with E-state index in [1.54, 1.807) is 7.11 Å². The summed E-state index contributed by atoms with van der Waals surface area (Å²) >= 11 is 2.78. The first-order valence-electron chi connectivity index (χ1n) is 8.77. The number of anilines is 3. The molecule has 9 heteroatoms. The molecule has 0 aliphatic carbocycles. The molecule has 0 atom stereocenters. The number of hydrogen-bond donors (Lipinski definition) is 2. The molecule has 0 saturated heterocycles. The Morgan fingerprint density at radius 1 is 1.17 bits per heavy atom. The van der Waals surface area contributed by atoms with Gasteiger partial charge in [-0.15, -0.1) is 22.7 Å². The zero-order valence-corrected chi connectivity index (χ0v) is 18.1. The Morgan fingerprint density at radius 3 is 2.55 bits per heavy atom. The summed E-state index contributed by atoms with van der Waals surface area (Å²) in [6.45, 7) is 5.20. The number of hydrogen-bond acceptors (Lipinski definition) is 8. The van der Waals surface area contributed by atoms with Crippen LogP contribution in [0.15, 0.2) is 29.6 Å². The van der Waals surface area contributed by atoms with Crippen LogP contribution in [-0.4, -0.2) is 24.0 Å². The molecule has 0 saturated carbocycles. The topological polar surface area (TPSA) is 89.5 Å². The Bertz CT molecular complexity index is 1030. The van der Waals surface area contributed by atoms with Crippen LogP contribution in [0.2, 0.25) is 0 Å². The van der Waals surface area contributed by atoms with E-state index in [9.17, 15) is 9.59 Å². The standard InChI is InChI=1S/C20H21N3O4S2/c1-11-12(2)29-18(21-13(3)24)17(11)19(25)27-9-15-10-28-20(23-15)22-14-5-7-16(26-4)8-6-14/h5-8,10H,9H2,1-4H3,(H,21,24)(H,22,23). The number of amides is 1. The Kier molecular flexibility index (Phi) is 6.50. The fourth-order valence-electron chi connectivity index (χ4n) is 2.56. The largest absolute Gasteiger partial charge is 0.497 e. The van der Waals surface area contributed by atoms with Gasteiger partial charge in [-0.25, -0.2) is 9.78 Å². The van der Waals surface area contributed by atoms with Crippen LogP contribution in [-0.2, 0) is 16.1 Å². The van der Waals surface area contributed by atoms with Gasteiger partial charge in [0.05, 0.1) is 18.4 Å². The molecule has 0 radical (unpaired) electrons. The average molecular weight is 432 g/mol. The fraction of sp³-hybridized carbons (Fsp3) is 0.250. The van der Waals surface area contributed by atoms with E-state index in [0.717, 1.165) is 21.9 Å². The number of methoxy groups -OCH3 is 1. The van der Waals surface area contributed by atoms with Gasteiger partial charge in [-0.2, -0.15) is 0 Å². The predicted molar refractivity (Wildman–Crippen MR) is 116 cm³/mol. The predicted octanol–water partition coefficient (Wildman–Crippen LogP) is 4.89. The second kappa shape index (κ2) is 9.06. The molecule has 1 amide bonds. The SMILES string of the molecule is COc1ccc(Nc2nc(COC(=O)c3c(NC(C)=O)sc(C)c3C)cs2)cc1. The van der Waals surface area contributed by atoms with Gasteiger partial charge in [0, 0.05) is 22.9 Å². The summed E-state index contributed by atoms with van der Waals surface area (Å²) in [5.41, 5.74) is 2.73. The van der Waals surface area contributed by atoms with E-state index < -0.39 is 5.97 Å². The Hall–Kier alpha value is -2.91. The van der Waals surface area contributed by atoms with Gasteiger partial charge in [0.2, 0.25) is 5.91 Å². The normalized spacial score (nSPS) is 10.5. The number of aromatic nitrogens is 1. The molecule has 29 heavy (non-hydrogen) atoms. The van der Waals surface area contributed by atoms with Crippen LogP contribution < -0.4 is 15.4 Å². The molecule has 0 aliphatic rings. The second-order valence-corrected chi connectivity index (χ2v) is 8.33. The Balaban J connectivity index is 1.63. The average Bonchev–Trinajstić information content (AvgIpc) is 3.24. The van der Waals surface area contributed by atoms with Crippen LogP contribution >= 0.6 is 22.7 Å². The minimum Gasteiger partial charge on any atom is -0.497 e. The van der Waals surface area contributed by atoms with Crippen molar-refractivity contribution in [2.75, 3.05) is 17.7 Å². The number of ether oxygens (including phenoxy) is 2. The lowest BCUT2D eigenvalue weighted by Gasteiger charge is -2.06. The molecule has 0 fully saturated rings. The van der Waals surface area contributed by atoms with Crippen molar-refractivity contribution in [2.45, 2.75) is 27.4 Å². The molecule has 3 aromatic rings. The molecule has 2 N–H and O–H groups in total. The van der Waals surface area contributed by atoms with E-state index in [0.29, 0.717) is 21.4 Å². The van der Waals surface area contributed by atoms with Crippen molar-refractivity contribution in [1.29, 1.82) is 0 Å². The summed E-state index contributed by atoms with van der Waals surface area (Å²) < 4.78 is 10.6. The third-order valence-corrected chi connectivity index (χ3v) is 6.05. The fourth-order valence-corrected chi connectivity index (χ4v) is 4.37. The lowest BCUT2D eigenvalue weighted by Crippen LogP contribution is -2.12.